The summed E-state index contributed by atoms with van der Waals surface area (Å²) in [6.45, 7) is 6.77. The SMILES string of the molecule is Cc1ccc(S(=O)NC(C)(C)C)cc1C(F)(F)F. The molecule has 0 aliphatic heterocycles. The summed E-state index contributed by atoms with van der Waals surface area (Å²) in [5.41, 5.74) is -1.06. The summed E-state index contributed by atoms with van der Waals surface area (Å²) in [6.07, 6.45) is -4.42. The molecule has 0 aliphatic rings. The van der Waals surface area contributed by atoms with Gasteiger partial charge in [0.05, 0.1) is 10.5 Å². The van der Waals surface area contributed by atoms with Crippen molar-refractivity contribution >= 4 is 11.0 Å². The van der Waals surface area contributed by atoms with E-state index < -0.39 is 28.3 Å². The Labute approximate surface area is 107 Å². The van der Waals surface area contributed by atoms with E-state index in [1.807, 2.05) is 0 Å². The molecule has 1 rings (SSSR count). The van der Waals surface area contributed by atoms with Crippen molar-refractivity contribution in [3.05, 3.63) is 29.3 Å². The zero-order chi connectivity index (χ0) is 14.1. The van der Waals surface area contributed by atoms with Crippen LogP contribution in [0.3, 0.4) is 0 Å². The van der Waals surface area contributed by atoms with Gasteiger partial charge in [0.15, 0.2) is 0 Å². The van der Waals surface area contributed by atoms with Crippen molar-refractivity contribution in [3.63, 3.8) is 0 Å². The number of halogens is 3. The first-order chi connectivity index (χ1) is 8.00. The van der Waals surface area contributed by atoms with Crippen LogP contribution in [0.5, 0.6) is 0 Å². The van der Waals surface area contributed by atoms with Gasteiger partial charge in [-0.05, 0) is 45.4 Å². The van der Waals surface area contributed by atoms with E-state index in [0.717, 1.165) is 6.07 Å². The Morgan fingerprint density at radius 3 is 2.17 bits per heavy atom. The van der Waals surface area contributed by atoms with Gasteiger partial charge >= 0.3 is 6.18 Å². The van der Waals surface area contributed by atoms with Crippen molar-refractivity contribution in [3.8, 4) is 0 Å². The minimum atomic E-state index is -4.42. The third-order valence-electron chi connectivity index (χ3n) is 2.13. The Hall–Kier alpha value is -0.880. The van der Waals surface area contributed by atoms with Crippen LogP contribution in [-0.2, 0) is 17.2 Å². The highest BCUT2D eigenvalue weighted by Crippen LogP contribution is 2.32. The molecular weight excluding hydrogens is 263 g/mol. The van der Waals surface area contributed by atoms with E-state index in [-0.39, 0.29) is 10.5 Å². The topological polar surface area (TPSA) is 29.1 Å². The van der Waals surface area contributed by atoms with Gasteiger partial charge in [0, 0.05) is 5.54 Å². The summed E-state index contributed by atoms with van der Waals surface area (Å²) >= 11 is 0. The van der Waals surface area contributed by atoms with Crippen LogP contribution in [0.15, 0.2) is 23.1 Å². The Morgan fingerprint density at radius 1 is 1.17 bits per heavy atom. The number of rotatable bonds is 2. The van der Waals surface area contributed by atoms with Crippen LogP contribution in [0.1, 0.15) is 31.9 Å². The molecule has 0 amide bonds. The number of benzene rings is 1. The maximum absolute atomic E-state index is 12.7. The second kappa shape index (κ2) is 5.01. The van der Waals surface area contributed by atoms with Crippen LogP contribution in [0.4, 0.5) is 13.2 Å². The van der Waals surface area contributed by atoms with Crippen LogP contribution in [-0.4, -0.2) is 9.75 Å². The van der Waals surface area contributed by atoms with Crippen molar-refractivity contribution in [2.24, 2.45) is 0 Å². The quantitative estimate of drug-likeness (QED) is 0.883. The summed E-state index contributed by atoms with van der Waals surface area (Å²) in [5, 5.41) is 0. The van der Waals surface area contributed by atoms with Gasteiger partial charge in [-0.15, -0.1) is 0 Å². The van der Waals surface area contributed by atoms with Gasteiger partial charge in [-0.2, -0.15) is 13.2 Å². The van der Waals surface area contributed by atoms with E-state index in [1.54, 1.807) is 20.8 Å². The highest BCUT2D eigenvalue weighted by atomic mass is 32.2. The molecule has 0 saturated carbocycles. The molecule has 0 fully saturated rings. The lowest BCUT2D eigenvalue weighted by Crippen LogP contribution is -2.37. The summed E-state index contributed by atoms with van der Waals surface area (Å²) in [4.78, 5) is 0.128. The molecule has 102 valence electrons. The fourth-order valence-electron chi connectivity index (χ4n) is 1.36. The Morgan fingerprint density at radius 2 is 1.72 bits per heavy atom. The van der Waals surface area contributed by atoms with Crippen molar-refractivity contribution in [2.45, 2.75) is 44.3 Å². The zero-order valence-electron chi connectivity index (χ0n) is 10.7. The van der Waals surface area contributed by atoms with E-state index in [9.17, 15) is 17.4 Å². The maximum atomic E-state index is 12.7. The van der Waals surface area contributed by atoms with Crippen LogP contribution < -0.4 is 4.72 Å². The van der Waals surface area contributed by atoms with Crippen LogP contribution >= 0.6 is 0 Å². The molecule has 2 nitrogen and oxygen atoms in total. The van der Waals surface area contributed by atoms with Gasteiger partial charge in [-0.1, -0.05) is 6.07 Å². The number of alkyl halides is 3. The molecule has 6 heteroatoms. The predicted octanol–water partition coefficient (Wildman–Crippen LogP) is 3.42. The van der Waals surface area contributed by atoms with E-state index >= 15 is 0 Å². The third kappa shape index (κ3) is 4.10. The number of hydrogen-bond acceptors (Lipinski definition) is 1. The van der Waals surface area contributed by atoms with Gasteiger partial charge < -0.3 is 0 Å². The largest absolute Gasteiger partial charge is 0.416 e. The first kappa shape index (κ1) is 15.2. The highest BCUT2D eigenvalue weighted by Gasteiger charge is 2.33. The Bertz CT molecular complexity index is 463. The van der Waals surface area contributed by atoms with Crippen LogP contribution in [0.2, 0.25) is 0 Å². The Kier molecular flexibility index (Phi) is 4.23. The molecule has 0 saturated heterocycles. The predicted molar refractivity (Wildman–Crippen MR) is 65.5 cm³/mol. The highest BCUT2D eigenvalue weighted by molar-refractivity contribution is 7.83. The number of aryl methyl sites for hydroxylation is 1. The van der Waals surface area contributed by atoms with Crippen molar-refractivity contribution < 1.29 is 17.4 Å². The van der Waals surface area contributed by atoms with Crippen LogP contribution in [0.25, 0.3) is 0 Å². The molecule has 0 spiro atoms. The Balaban J connectivity index is 3.10. The average molecular weight is 279 g/mol. The van der Waals surface area contributed by atoms with Crippen LogP contribution in [0, 0.1) is 6.92 Å². The first-order valence-corrected chi connectivity index (χ1v) is 6.53. The molecule has 1 aromatic rings. The molecule has 0 radical (unpaired) electrons. The zero-order valence-corrected chi connectivity index (χ0v) is 11.5. The maximum Gasteiger partial charge on any atom is 0.416 e. The van der Waals surface area contributed by atoms with Crippen molar-refractivity contribution in [1.29, 1.82) is 0 Å². The minimum Gasteiger partial charge on any atom is -0.237 e. The molecule has 1 unspecified atom stereocenters. The first-order valence-electron chi connectivity index (χ1n) is 5.38. The van der Waals surface area contributed by atoms with Crippen molar-refractivity contribution in [2.75, 3.05) is 0 Å². The number of hydrogen-bond donors (Lipinski definition) is 1. The normalized spacial score (nSPS) is 14.6. The van der Waals surface area contributed by atoms with Crippen molar-refractivity contribution in [1.82, 2.24) is 4.72 Å². The summed E-state index contributed by atoms with van der Waals surface area (Å²) < 4.78 is 52.8. The summed E-state index contributed by atoms with van der Waals surface area (Å²) in [5.74, 6) is 0. The van der Waals surface area contributed by atoms with Gasteiger partial charge in [-0.3, -0.25) is 0 Å². The second-order valence-corrected chi connectivity index (χ2v) is 6.31. The lowest BCUT2D eigenvalue weighted by molar-refractivity contribution is -0.138. The molecular formula is C12H16F3NOS. The fraction of sp³-hybridized carbons (Fsp3) is 0.500. The summed E-state index contributed by atoms with van der Waals surface area (Å²) in [6, 6.07) is 3.71. The lowest BCUT2D eigenvalue weighted by Gasteiger charge is -2.20. The lowest BCUT2D eigenvalue weighted by atomic mass is 10.1. The van der Waals surface area contributed by atoms with Gasteiger partial charge in [0.2, 0.25) is 0 Å². The molecule has 1 aromatic carbocycles. The summed E-state index contributed by atoms with van der Waals surface area (Å²) in [7, 11) is -1.66. The molecule has 0 heterocycles. The fourth-order valence-corrected chi connectivity index (χ4v) is 2.45. The molecule has 1 N–H and O–H groups in total. The standard InChI is InChI=1S/C12H16F3NOS/c1-8-5-6-9(7-10(8)12(13,14)15)18(17)16-11(2,3)4/h5-7,16H,1-4H3. The van der Waals surface area contributed by atoms with Gasteiger partial charge in [-0.25, -0.2) is 8.93 Å². The van der Waals surface area contributed by atoms with E-state index in [4.69, 9.17) is 0 Å². The van der Waals surface area contributed by atoms with E-state index in [1.165, 1.54) is 19.1 Å². The van der Waals surface area contributed by atoms with Gasteiger partial charge in [0.1, 0.15) is 11.0 Å². The van der Waals surface area contributed by atoms with E-state index in [2.05, 4.69) is 4.72 Å². The number of nitrogens with one attached hydrogen (secondary N) is 1. The monoisotopic (exact) mass is 279 g/mol. The minimum absolute atomic E-state index is 0.124. The molecule has 1 atom stereocenters. The van der Waals surface area contributed by atoms with E-state index in [0.29, 0.717) is 0 Å². The van der Waals surface area contributed by atoms with Gasteiger partial charge in [0.25, 0.3) is 0 Å². The third-order valence-corrected chi connectivity index (χ3v) is 3.61. The molecule has 18 heavy (non-hydrogen) atoms. The molecule has 0 bridgehead atoms. The smallest absolute Gasteiger partial charge is 0.237 e. The molecule has 0 aromatic heterocycles. The molecule has 0 aliphatic carbocycles. The average Bonchev–Trinajstić information content (AvgIpc) is 2.13. The second-order valence-electron chi connectivity index (χ2n) is 5.10.